The monoisotopic (exact) mass is 243 g/mol. The summed E-state index contributed by atoms with van der Waals surface area (Å²) >= 11 is 0. The zero-order chi connectivity index (χ0) is 12.8. The van der Waals surface area contributed by atoms with Crippen molar-refractivity contribution in [2.24, 2.45) is 0 Å². The van der Waals surface area contributed by atoms with Gasteiger partial charge in [-0.05, 0) is 24.3 Å². The van der Waals surface area contributed by atoms with Crippen molar-refractivity contribution in [3.8, 4) is 11.4 Å². The smallest absolute Gasteiger partial charge is 0.253 e. The summed E-state index contributed by atoms with van der Waals surface area (Å²) in [6.07, 6.45) is 3.27. The minimum absolute atomic E-state index is 0.0923. The summed E-state index contributed by atoms with van der Waals surface area (Å²) in [4.78, 5) is 20.3. The van der Waals surface area contributed by atoms with E-state index in [4.69, 9.17) is 5.11 Å². The molecule has 0 fully saturated rings. The average molecular weight is 243 g/mol. The van der Waals surface area contributed by atoms with Gasteiger partial charge in [0.25, 0.3) is 5.91 Å². The molecule has 92 valence electrons. The Bertz CT molecular complexity index is 529. The van der Waals surface area contributed by atoms with Gasteiger partial charge < -0.3 is 10.4 Å². The molecular formula is C13H13N3O2. The summed E-state index contributed by atoms with van der Waals surface area (Å²) in [6, 6.07) is 8.82. The lowest BCUT2D eigenvalue weighted by atomic mass is 10.1. The van der Waals surface area contributed by atoms with E-state index < -0.39 is 0 Å². The van der Waals surface area contributed by atoms with E-state index in [-0.39, 0.29) is 19.1 Å². The molecule has 2 aromatic rings. The van der Waals surface area contributed by atoms with Gasteiger partial charge in [-0.25, -0.2) is 0 Å². The van der Waals surface area contributed by atoms with Gasteiger partial charge in [0.2, 0.25) is 0 Å². The quantitative estimate of drug-likeness (QED) is 0.835. The van der Waals surface area contributed by atoms with Crippen molar-refractivity contribution < 1.29 is 9.90 Å². The van der Waals surface area contributed by atoms with Crippen molar-refractivity contribution in [3.63, 3.8) is 0 Å². The number of aromatic nitrogens is 2. The number of amides is 1. The molecule has 0 aliphatic rings. The van der Waals surface area contributed by atoms with Gasteiger partial charge in [-0.1, -0.05) is 6.07 Å². The van der Waals surface area contributed by atoms with Crippen molar-refractivity contribution in [3.05, 3.63) is 48.3 Å². The highest BCUT2D eigenvalue weighted by atomic mass is 16.3. The van der Waals surface area contributed by atoms with Crippen LogP contribution in [0.15, 0.2) is 42.7 Å². The minimum Gasteiger partial charge on any atom is -0.395 e. The fourth-order valence-electron chi connectivity index (χ4n) is 1.56. The predicted molar refractivity (Wildman–Crippen MR) is 66.9 cm³/mol. The maximum absolute atomic E-state index is 11.9. The first-order valence-electron chi connectivity index (χ1n) is 5.58. The average Bonchev–Trinajstić information content (AvgIpc) is 2.45. The van der Waals surface area contributed by atoms with Gasteiger partial charge in [-0.2, -0.15) is 0 Å². The molecular weight excluding hydrogens is 230 g/mol. The summed E-state index contributed by atoms with van der Waals surface area (Å²) in [7, 11) is 0. The molecule has 1 amide bonds. The zero-order valence-corrected chi connectivity index (χ0v) is 9.71. The predicted octanol–water partition coefficient (Wildman–Crippen LogP) is 0.866. The largest absolute Gasteiger partial charge is 0.395 e. The summed E-state index contributed by atoms with van der Waals surface area (Å²) in [5, 5.41) is 11.3. The van der Waals surface area contributed by atoms with Crippen LogP contribution in [0.4, 0.5) is 0 Å². The highest BCUT2D eigenvalue weighted by molar-refractivity contribution is 5.99. The highest BCUT2D eigenvalue weighted by Gasteiger charge is 2.13. The topological polar surface area (TPSA) is 75.1 Å². The highest BCUT2D eigenvalue weighted by Crippen LogP contribution is 2.18. The first-order chi connectivity index (χ1) is 8.83. The lowest BCUT2D eigenvalue weighted by Gasteiger charge is -2.07. The fraction of sp³-hybridized carbons (Fsp3) is 0.154. The molecule has 5 heteroatoms. The number of hydrogen-bond acceptors (Lipinski definition) is 4. The van der Waals surface area contributed by atoms with Gasteiger partial charge in [0.05, 0.1) is 17.9 Å². The molecule has 5 nitrogen and oxygen atoms in total. The molecule has 2 heterocycles. The maximum atomic E-state index is 11.9. The number of carbonyl (C=O) groups excluding carboxylic acids is 1. The van der Waals surface area contributed by atoms with Gasteiger partial charge in [0.15, 0.2) is 0 Å². The Hall–Kier alpha value is -2.27. The molecule has 0 bridgehead atoms. The zero-order valence-electron chi connectivity index (χ0n) is 9.71. The third kappa shape index (κ3) is 2.70. The van der Waals surface area contributed by atoms with Crippen molar-refractivity contribution in [1.82, 2.24) is 15.3 Å². The molecule has 0 radical (unpaired) electrons. The van der Waals surface area contributed by atoms with Crippen LogP contribution in [-0.4, -0.2) is 34.1 Å². The molecule has 0 spiro atoms. The maximum Gasteiger partial charge on any atom is 0.253 e. The van der Waals surface area contributed by atoms with E-state index in [1.165, 1.54) is 0 Å². The third-order valence-corrected chi connectivity index (χ3v) is 2.36. The van der Waals surface area contributed by atoms with E-state index in [9.17, 15) is 4.79 Å². The van der Waals surface area contributed by atoms with Crippen molar-refractivity contribution >= 4 is 5.91 Å². The number of hydrogen-bond donors (Lipinski definition) is 2. The number of nitrogens with zero attached hydrogens (tertiary/aromatic N) is 2. The van der Waals surface area contributed by atoms with Crippen LogP contribution in [0.25, 0.3) is 11.4 Å². The summed E-state index contributed by atoms with van der Waals surface area (Å²) in [5.74, 6) is -0.266. The SMILES string of the molecule is O=C(NCCO)c1cccnc1-c1ccccn1. The Morgan fingerprint density at radius 1 is 1.17 bits per heavy atom. The Labute approximate surface area is 105 Å². The second kappa shape index (κ2) is 5.88. The number of aliphatic hydroxyl groups is 1. The molecule has 2 N–H and O–H groups in total. The fourth-order valence-corrected chi connectivity index (χ4v) is 1.56. The van der Waals surface area contributed by atoms with Gasteiger partial charge in [0, 0.05) is 18.9 Å². The molecule has 0 aliphatic heterocycles. The van der Waals surface area contributed by atoms with Gasteiger partial charge in [-0.3, -0.25) is 14.8 Å². The standard InChI is InChI=1S/C13H13N3O2/c17-9-8-16-13(18)10-4-3-7-15-12(10)11-5-1-2-6-14-11/h1-7,17H,8-9H2,(H,16,18). The van der Waals surface area contributed by atoms with Crippen LogP contribution in [0.2, 0.25) is 0 Å². The lowest BCUT2D eigenvalue weighted by molar-refractivity contribution is 0.0945. The van der Waals surface area contributed by atoms with E-state index in [0.717, 1.165) is 0 Å². The minimum atomic E-state index is -0.266. The molecule has 2 rings (SSSR count). The van der Waals surface area contributed by atoms with Gasteiger partial charge >= 0.3 is 0 Å². The van der Waals surface area contributed by atoms with Gasteiger partial charge in [0.1, 0.15) is 5.69 Å². The van der Waals surface area contributed by atoms with E-state index >= 15 is 0 Å². The third-order valence-electron chi connectivity index (χ3n) is 2.36. The van der Waals surface area contributed by atoms with Crippen LogP contribution >= 0.6 is 0 Å². The molecule has 0 saturated carbocycles. The van der Waals surface area contributed by atoms with Crippen molar-refractivity contribution in [2.75, 3.05) is 13.2 Å². The van der Waals surface area contributed by atoms with Crippen LogP contribution < -0.4 is 5.32 Å². The lowest BCUT2D eigenvalue weighted by Crippen LogP contribution is -2.27. The van der Waals surface area contributed by atoms with Crippen LogP contribution in [0.1, 0.15) is 10.4 Å². The van der Waals surface area contributed by atoms with E-state index in [2.05, 4.69) is 15.3 Å². The Balaban J connectivity index is 2.34. The number of carbonyl (C=O) groups is 1. The summed E-state index contributed by atoms with van der Waals surface area (Å²) < 4.78 is 0. The van der Waals surface area contributed by atoms with E-state index in [0.29, 0.717) is 17.0 Å². The first kappa shape index (κ1) is 12.2. The van der Waals surface area contributed by atoms with Crippen molar-refractivity contribution in [2.45, 2.75) is 0 Å². The Kier molecular flexibility index (Phi) is 3.98. The van der Waals surface area contributed by atoms with Crippen LogP contribution in [0, 0.1) is 0 Å². The second-order valence-electron chi connectivity index (χ2n) is 3.59. The first-order valence-corrected chi connectivity index (χ1v) is 5.58. The second-order valence-corrected chi connectivity index (χ2v) is 3.59. The molecule has 0 unspecified atom stereocenters. The number of aliphatic hydroxyl groups excluding tert-OH is 1. The number of rotatable bonds is 4. The summed E-state index contributed by atoms with van der Waals surface area (Å²) in [6.45, 7) is 0.125. The van der Waals surface area contributed by atoms with Crippen molar-refractivity contribution in [1.29, 1.82) is 0 Å². The molecule has 2 aromatic heterocycles. The van der Waals surface area contributed by atoms with E-state index in [1.807, 2.05) is 6.07 Å². The molecule has 0 saturated heterocycles. The Morgan fingerprint density at radius 3 is 2.72 bits per heavy atom. The van der Waals surface area contributed by atoms with Crippen LogP contribution in [0.5, 0.6) is 0 Å². The number of pyridine rings is 2. The number of nitrogens with one attached hydrogen (secondary N) is 1. The van der Waals surface area contributed by atoms with Crippen LogP contribution in [0.3, 0.4) is 0 Å². The normalized spacial score (nSPS) is 10.1. The van der Waals surface area contributed by atoms with E-state index in [1.54, 1.807) is 36.7 Å². The molecule has 0 aromatic carbocycles. The molecule has 0 atom stereocenters. The van der Waals surface area contributed by atoms with Crippen LogP contribution in [-0.2, 0) is 0 Å². The summed E-state index contributed by atoms with van der Waals surface area (Å²) in [5.41, 5.74) is 1.63. The molecule has 0 aliphatic carbocycles. The molecule has 18 heavy (non-hydrogen) atoms. The van der Waals surface area contributed by atoms with Gasteiger partial charge in [-0.15, -0.1) is 0 Å². The Morgan fingerprint density at radius 2 is 2.00 bits per heavy atom.